The average molecular weight is 379 g/mol. The van der Waals surface area contributed by atoms with Crippen LogP contribution in [0.2, 0.25) is 0 Å². The van der Waals surface area contributed by atoms with Gasteiger partial charge in [-0.2, -0.15) is 0 Å². The van der Waals surface area contributed by atoms with Crippen molar-refractivity contribution in [3.63, 3.8) is 0 Å². The molecule has 2 fully saturated rings. The van der Waals surface area contributed by atoms with Crippen molar-refractivity contribution < 1.29 is 0 Å². The van der Waals surface area contributed by atoms with Crippen molar-refractivity contribution in [3.8, 4) is 0 Å². The maximum absolute atomic E-state index is 3.88. The van der Waals surface area contributed by atoms with Crippen molar-refractivity contribution in [2.45, 2.75) is 83.6 Å². The molecule has 0 atom stereocenters. The lowest BCUT2D eigenvalue weighted by molar-refractivity contribution is 0.205. The van der Waals surface area contributed by atoms with Gasteiger partial charge in [-0.3, -0.25) is 0 Å². The maximum Gasteiger partial charge on any atom is 0.0519 e. The Balaban J connectivity index is 1.68. The highest BCUT2D eigenvalue weighted by Gasteiger charge is 2.19. The highest BCUT2D eigenvalue weighted by molar-refractivity contribution is 5.54. The smallest absolute Gasteiger partial charge is 0.0519 e. The number of allylic oxidation sites excluding steroid dienone is 11. The monoisotopic (exact) mass is 378 g/mol. The van der Waals surface area contributed by atoms with Crippen LogP contribution in [0.1, 0.15) is 77.6 Å². The Hall–Kier alpha value is -1.80. The zero-order valence-corrected chi connectivity index (χ0v) is 17.7. The summed E-state index contributed by atoms with van der Waals surface area (Å²) in [7, 11) is 0. The Bertz CT molecular complexity index is 648. The van der Waals surface area contributed by atoms with Crippen molar-refractivity contribution >= 4 is 0 Å². The van der Waals surface area contributed by atoms with Crippen LogP contribution in [0.5, 0.6) is 0 Å². The summed E-state index contributed by atoms with van der Waals surface area (Å²) >= 11 is 0. The van der Waals surface area contributed by atoms with Crippen LogP contribution >= 0.6 is 0 Å². The molecule has 0 heterocycles. The molecule has 0 bridgehead atoms. The van der Waals surface area contributed by atoms with E-state index in [2.05, 4.69) is 72.0 Å². The average Bonchev–Trinajstić information content (AvgIpc) is 3.45. The highest BCUT2D eigenvalue weighted by atomic mass is 15.5. The van der Waals surface area contributed by atoms with Crippen molar-refractivity contribution in [2.24, 2.45) is 0 Å². The fraction of sp³-hybridized carbons (Fsp3) is 0.538. The van der Waals surface area contributed by atoms with E-state index < -0.39 is 0 Å². The quantitative estimate of drug-likeness (QED) is 0.534. The van der Waals surface area contributed by atoms with Gasteiger partial charge in [-0.25, -0.2) is 5.43 Å². The van der Waals surface area contributed by atoms with E-state index in [1.54, 1.807) is 0 Å². The standard InChI is InChI=1S/C26H38N2/c1-2-28(27-25-17-13-9-5-3-4-6-10-14-18-25)26-19-15-11-7-8-12-16-23-22-24(23)20-21-26/h7-8,11-12,15-16,19-21,25,27H,2-6,9-10,13-14,17-18,22H2,1H3/b8-7?,11-7-,12-8-,15-11?,16-12?,19-15?,21-20?,23-16-,24-20-,26-19?,26-21?. The fourth-order valence-corrected chi connectivity index (χ4v) is 4.12. The van der Waals surface area contributed by atoms with Crippen LogP contribution in [-0.4, -0.2) is 17.6 Å². The van der Waals surface area contributed by atoms with Gasteiger partial charge in [0.25, 0.3) is 0 Å². The molecule has 0 spiro atoms. The third kappa shape index (κ3) is 7.31. The maximum atomic E-state index is 3.88. The first-order chi connectivity index (χ1) is 13.9. The first-order valence-corrected chi connectivity index (χ1v) is 11.5. The zero-order valence-electron chi connectivity index (χ0n) is 17.7. The Labute approximate surface area is 172 Å². The molecule has 0 aromatic heterocycles. The number of nitrogens with zero attached hydrogens (tertiary/aromatic N) is 1. The van der Waals surface area contributed by atoms with E-state index in [0.717, 1.165) is 13.0 Å². The van der Waals surface area contributed by atoms with Crippen molar-refractivity contribution in [1.29, 1.82) is 0 Å². The number of nitrogens with one attached hydrogen (secondary N) is 1. The second kappa shape index (κ2) is 11.9. The normalized spacial score (nSPS) is 28.0. The predicted octanol–water partition coefficient (Wildman–Crippen LogP) is 6.92. The molecule has 0 radical (unpaired) electrons. The molecule has 3 aliphatic carbocycles. The van der Waals surface area contributed by atoms with Gasteiger partial charge in [0.1, 0.15) is 0 Å². The molecule has 3 aliphatic rings. The molecular formula is C26H38N2. The molecule has 3 rings (SSSR count). The molecule has 0 aromatic rings. The van der Waals surface area contributed by atoms with E-state index in [-0.39, 0.29) is 0 Å². The number of hydrogen-bond donors (Lipinski definition) is 1. The van der Waals surface area contributed by atoms with Crippen LogP contribution in [0, 0.1) is 0 Å². The molecule has 0 aliphatic heterocycles. The van der Waals surface area contributed by atoms with E-state index in [1.165, 1.54) is 81.1 Å². The van der Waals surface area contributed by atoms with E-state index in [4.69, 9.17) is 0 Å². The van der Waals surface area contributed by atoms with E-state index in [0.29, 0.717) is 6.04 Å². The second-order valence-corrected chi connectivity index (χ2v) is 8.26. The second-order valence-electron chi connectivity index (χ2n) is 8.26. The predicted molar refractivity (Wildman–Crippen MR) is 122 cm³/mol. The molecule has 2 heteroatoms. The third-order valence-electron chi connectivity index (χ3n) is 5.95. The lowest BCUT2D eigenvalue weighted by Gasteiger charge is -2.31. The molecular weight excluding hydrogens is 340 g/mol. The topological polar surface area (TPSA) is 15.3 Å². The first kappa shape index (κ1) is 20.9. The van der Waals surface area contributed by atoms with Crippen LogP contribution in [-0.2, 0) is 0 Å². The molecule has 0 unspecified atom stereocenters. The Kier molecular flexibility index (Phi) is 8.90. The Morgan fingerprint density at radius 2 is 1.36 bits per heavy atom. The van der Waals surface area contributed by atoms with Gasteiger partial charge in [-0.1, -0.05) is 93.9 Å². The van der Waals surface area contributed by atoms with Gasteiger partial charge >= 0.3 is 0 Å². The van der Waals surface area contributed by atoms with Crippen molar-refractivity contribution in [3.05, 3.63) is 71.5 Å². The fourth-order valence-electron chi connectivity index (χ4n) is 4.12. The third-order valence-corrected chi connectivity index (χ3v) is 5.95. The summed E-state index contributed by atoms with van der Waals surface area (Å²) in [5.41, 5.74) is 8.06. The lowest BCUT2D eigenvalue weighted by atomic mass is 10.0. The summed E-state index contributed by atoms with van der Waals surface area (Å²) in [6, 6.07) is 0.594. The summed E-state index contributed by atoms with van der Waals surface area (Å²) in [5, 5.41) is 2.36. The summed E-state index contributed by atoms with van der Waals surface area (Å²) in [4.78, 5) is 0. The van der Waals surface area contributed by atoms with Gasteiger partial charge < -0.3 is 5.01 Å². The van der Waals surface area contributed by atoms with Gasteiger partial charge in [-0.15, -0.1) is 0 Å². The lowest BCUT2D eigenvalue weighted by Crippen LogP contribution is -2.43. The van der Waals surface area contributed by atoms with Crippen LogP contribution in [0.4, 0.5) is 0 Å². The van der Waals surface area contributed by atoms with E-state index >= 15 is 0 Å². The number of fused-ring (bicyclic) bond motifs is 1. The van der Waals surface area contributed by atoms with Gasteiger partial charge in [0, 0.05) is 12.6 Å². The van der Waals surface area contributed by atoms with Crippen LogP contribution < -0.4 is 5.43 Å². The number of rotatable bonds is 4. The summed E-state index contributed by atoms with van der Waals surface area (Å²) < 4.78 is 0. The zero-order chi connectivity index (χ0) is 19.4. The van der Waals surface area contributed by atoms with E-state index in [9.17, 15) is 0 Å². The van der Waals surface area contributed by atoms with Gasteiger partial charge in [0.2, 0.25) is 0 Å². The molecule has 1 N–H and O–H groups in total. The largest absolute Gasteiger partial charge is 0.308 e. The van der Waals surface area contributed by atoms with Crippen LogP contribution in [0.15, 0.2) is 71.5 Å². The van der Waals surface area contributed by atoms with E-state index in [1.807, 2.05) is 0 Å². The number of hydrogen-bond acceptors (Lipinski definition) is 2. The first-order valence-electron chi connectivity index (χ1n) is 11.5. The van der Waals surface area contributed by atoms with Gasteiger partial charge in [0.15, 0.2) is 0 Å². The van der Waals surface area contributed by atoms with Gasteiger partial charge in [0.05, 0.1) is 5.70 Å². The summed E-state index contributed by atoms with van der Waals surface area (Å²) in [5.74, 6) is 0. The van der Waals surface area contributed by atoms with Crippen LogP contribution in [0.25, 0.3) is 0 Å². The summed E-state index contributed by atoms with van der Waals surface area (Å²) in [6.45, 7) is 3.22. The van der Waals surface area contributed by atoms with Crippen LogP contribution in [0.3, 0.4) is 0 Å². The number of hydrazine groups is 1. The minimum absolute atomic E-state index is 0.594. The van der Waals surface area contributed by atoms with Crippen molar-refractivity contribution in [1.82, 2.24) is 10.4 Å². The molecule has 2 nitrogen and oxygen atoms in total. The highest BCUT2D eigenvalue weighted by Crippen LogP contribution is 2.36. The van der Waals surface area contributed by atoms with Crippen molar-refractivity contribution in [2.75, 3.05) is 6.54 Å². The number of likely N-dealkylation sites (N-methyl/N-ethyl adjacent to an activating group) is 1. The Morgan fingerprint density at radius 1 is 0.750 bits per heavy atom. The minimum Gasteiger partial charge on any atom is -0.308 e. The van der Waals surface area contributed by atoms with Gasteiger partial charge in [-0.05, 0) is 49.5 Å². The summed E-state index contributed by atoms with van der Waals surface area (Å²) in [6.07, 6.45) is 34.6. The SMILES string of the molecule is CCN(NC1CCCCCCCCCC1)C1=C/C=C2/C/C2=C/C=C\C=C/C=C1. The molecule has 0 aromatic carbocycles. The Morgan fingerprint density at radius 3 is 2.07 bits per heavy atom. The molecule has 0 saturated heterocycles. The molecule has 152 valence electrons. The molecule has 28 heavy (non-hydrogen) atoms. The molecule has 2 saturated carbocycles. The minimum atomic E-state index is 0.594. The molecule has 0 amide bonds.